The highest BCUT2D eigenvalue weighted by Crippen LogP contribution is 2.30. The van der Waals surface area contributed by atoms with Gasteiger partial charge in [-0.2, -0.15) is 0 Å². The number of amides is 1. The van der Waals surface area contributed by atoms with E-state index in [0.29, 0.717) is 30.9 Å². The van der Waals surface area contributed by atoms with Crippen molar-refractivity contribution in [2.75, 3.05) is 19.4 Å². The summed E-state index contributed by atoms with van der Waals surface area (Å²) in [6, 6.07) is 3.76. The number of hydrogen-bond donors (Lipinski definition) is 2. The third-order valence-electron chi connectivity index (χ3n) is 2.34. The topological polar surface area (TPSA) is 64.3 Å². The summed E-state index contributed by atoms with van der Waals surface area (Å²) in [4.78, 5) is 11.0. The standard InChI is InChI=1S/C12H17BrN2O2/c1-8-6-9(13)7-10(14)12(8)17-5-3-4-11(16)15-2/h6-7H,3-5,14H2,1-2H3,(H,15,16). The first-order valence-corrected chi connectivity index (χ1v) is 6.23. The fourth-order valence-electron chi connectivity index (χ4n) is 1.48. The summed E-state index contributed by atoms with van der Waals surface area (Å²) in [6.45, 7) is 2.43. The van der Waals surface area contributed by atoms with Gasteiger partial charge >= 0.3 is 0 Å². The van der Waals surface area contributed by atoms with Gasteiger partial charge in [0.25, 0.3) is 0 Å². The molecule has 0 atom stereocenters. The van der Waals surface area contributed by atoms with Crippen molar-refractivity contribution in [2.45, 2.75) is 19.8 Å². The van der Waals surface area contributed by atoms with Gasteiger partial charge in [0, 0.05) is 17.9 Å². The Labute approximate surface area is 110 Å². The molecule has 1 aromatic carbocycles. The quantitative estimate of drug-likeness (QED) is 0.647. The first-order valence-electron chi connectivity index (χ1n) is 5.43. The Morgan fingerprint density at radius 1 is 1.53 bits per heavy atom. The zero-order valence-corrected chi connectivity index (χ0v) is 11.6. The van der Waals surface area contributed by atoms with E-state index in [4.69, 9.17) is 10.5 Å². The molecule has 17 heavy (non-hydrogen) atoms. The van der Waals surface area contributed by atoms with Crippen molar-refractivity contribution in [3.63, 3.8) is 0 Å². The van der Waals surface area contributed by atoms with Crippen LogP contribution in [0.2, 0.25) is 0 Å². The molecule has 0 radical (unpaired) electrons. The number of nitrogen functional groups attached to an aromatic ring is 1. The molecule has 0 bridgehead atoms. The van der Waals surface area contributed by atoms with Crippen LogP contribution in [-0.4, -0.2) is 19.6 Å². The van der Waals surface area contributed by atoms with Gasteiger partial charge in [0.15, 0.2) is 0 Å². The second-order valence-corrected chi connectivity index (χ2v) is 4.68. The lowest BCUT2D eigenvalue weighted by molar-refractivity contribution is -0.120. The number of nitrogens with one attached hydrogen (secondary N) is 1. The van der Waals surface area contributed by atoms with Gasteiger partial charge < -0.3 is 15.8 Å². The van der Waals surface area contributed by atoms with Crippen molar-refractivity contribution in [3.05, 3.63) is 22.2 Å². The number of carbonyl (C=O) groups is 1. The highest BCUT2D eigenvalue weighted by Gasteiger charge is 2.06. The van der Waals surface area contributed by atoms with E-state index in [1.54, 1.807) is 13.1 Å². The number of carbonyl (C=O) groups excluding carboxylic acids is 1. The van der Waals surface area contributed by atoms with E-state index < -0.39 is 0 Å². The molecule has 0 unspecified atom stereocenters. The molecule has 3 N–H and O–H groups in total. The highest BCUT2D eigenvalue weighted by molar-refractivity contribution is 9.10. The molecule has 0 fully saturated rings. The minimum atomic E-state index is 0.0223. The second-order valence-electron chi connectivity index (χ2n) is 3.77. The van der Waals surface area contributed by atoms with Gasteiger partial charge in [-0.25, -0.2) is 0 Å². The van der Waals surface area contributed by atoms with Crippen LogP contribution in [0.5, 0.6) is 5.75 Å². The number of benzene rings is 1. The minimum absolute atomic E-state index is 0.0223. The van der Waals surface area contributed by atoms with Gasteiger partial charge in [-0.05, 0) is 31.0 Å². The molecule has 1 aromatic rings. The lowest BCUT2D eigenvalue weighted by Crippen LogP contribution is -2.18. The van der Waals surface area contributed by atoms with E-state index in [9.17, 15) is 4.79 Å². The summed E-state index contributed by atoms with van der Waals surface area (Å²) in [5, 5.41) is 2.57. The van der Waals surface area contributed by atoms with Crippen LogP contribution in [0.1, 0.15) is 18.4 Å². The number of ether oxygens (including phenoxy) is 1. The Balaban J connectivity index is 2.50. The van der Waals surface area contributed by atoms with Gasteiger partial charge in [-0.1, -0.05) is 15.9 Å². The van der Waals surface area contributed by atoms with Crippen LogP contribution in [0.4, 0.5) is 5.69 Å². The number of rotatable bonds is 5. The molecule has 0 spiro atoms. The lowest BCUT2D eigenvalue weighted by atomic mass is 10.2. The minimum Gasteiger partial charge on any atom is -0.491 e. The maximum atomic E-state index is 11.0. The van der Waals surface area contributed by atoms with Gasteiger partial charge in [0.05, 0.1) is 12.3 Å². The van der Waals surface area contributed by atoms with Gasteiger partial charge in [0.1, 0.15) is 5.75 Å². The van der Waals surface area contributed by atoms with Crippen LogP contribution in [0.3, 0.4) is 0 Å². The molecule has 1 amide bonds. The van der Waals surface area contributed by atoms with Gasteiger partial charge in [-0.15, -0.1) is 0 Å². The van der Waals surface area contributed by atoms with E-state index in [1.165, 1.54) is 0 Å². The molecule has 5 heteroatoms. The third-order valence-corrected chi connectivity index (χ3v) is 2.80. The molecule has 0 saturated carbocycles. The van der Waals surface area contributed by atoms with Crippen LogP contribution in [0, 0.1) is 6.92 Å². The number of hydrogen-bond acceptors (Lipinski definition) is 3. The molecule has 0 saturated heterocycles. The second kappa shape index (κ2) is 6.49. The van der Waals surface area contributed by atoms with Crippen LogP contribution in [0.25, 0.3) is 0 Å². The Kier molecular flexibility index (Phi) is 5.28. The van der Waals surface area contributed by atoms with Crippen molar-refractivity contribution >= 4 is 27.5 Å². The van der Waals surface area contributed by atoms with Crippen LogP contribution in [-0.2, 0) is 4.79 Å². The van der Waals surface area contributed by atoms with Crippen LogP contribution in [0.15, 0.2) is 16.6 Å². The van der Waals surface area contributed by atoms with E-state index >= 15 is 0 Å². The fourth-order valence-corrected chi connectivity index (χ4v) is 2.07. The number of halogens is 1. The van der Waals surface area contributed by atoms with Crippen molar-refractivity contribution in [1.29, 1.82) is 0 Å². The summed E-state index contributed by atoms with van der Waals surface area (Å²) in [5.74, 6) is 0.721. The van der Waals surface area contributed by atoms with Crippen molar-refractivity contribution in [2.24, 2.45) is 0 Å². The average molecular weight is 301 g/mol. The molecule has 0 aromatic heterocycles. The molecule has 0 aliphatic carbocycles. The zero-order chi connectivity index (χ0) is 12.8. The average Bonchev–Trinajstić information content (AvgIpc) is 2.26. The van der Waals surface area contributed by atoms with Gasteiger partial charge in [-0.3, -0.25) is 4.79 Å². The summed E-state index contributed by atoms with van der Waals surface area (Å²) >= 11 is 3.37. The normalized spacial score (nSPS) is 10.1. The first kappa shape index (κ1) is 13.8. The van der Waals surface area contributed by atoms with E-state index in [-0.39, 0.29) is 5.91 Å². The van der Waals surface area contributed by atoms with Crippen LogP contribution < -0.4 is 15.8 Å². The summed E-state index contributed by atoms with van der Waals surface area (Å²) in [6.07, 6.45) is 1.14. The molecular formula is C12H17BrN2O2. The van der Waals surface area contributed by atoms with E-state index in [2.05, 4.69) is 21.2 Å². The largest absolute Gasteiger partial charge is 0.491 e. The Morgan fingerprint density at radius 3 is 2.82 bits per heavy atom. The van der Waals surface area contributed by atoms with E-state index in [1.807, 2.05) is 13.0 Å². The number of aryl methyl sites for hydroxylation is 1. The molecule has 0 aliphatic rings. The fraction of sp³-hybridized carbons (Fsp3) is 0.417. The van der Waals surface area contributed by atoms with E-state index in [0.717, 1.165) is 10.0 Å². The Morgan fingerprint density at radius 2 is 2.24 bits per heavy atom. The Bertz CT molecular complexity index is 384. The van der Waals surface area contributed by atoms with Crippen molar-refractivity contribution in [3.8, 4) is 5.75 Å². The molecule has 1 rings (SSSR count). The maximum absolute atomic E-state index is 11.0. The monoisotopic (exact) mass is 300 g/mol. The maximum Gasteiger partial charge on any atom is 0.219 e. The van der Waals surface area contributed by atoms with Gasteiger partial charge in [0.2, 0.25) is 5.91 Å². The molecule has 94 valence electrons. The summed E-state index contributed by atoms with van der Waals surface area (Å²) in [5.41, 5.74) is 7.45. The number of anilines is 1. The summed E-state index contributed by atoms with van der Waals surface area (Å²) in [7, 11) is 1.63. The van der Waals surface area contributed by atoms with Crippen molar-refractivity contribution in [1.82, 2.24) is 5.32 Å². The Hall–Kier alpha value is -1.23. The molecule has 0 heterocycles. The SMILES string of the molecule is CNC(=O)CCCOc1c(C)cc(Br)cc1N. The molecule has 4 nitrogen and oxygen atoms in total. The predicted octanol–water partition coefficient (Wildman–Crippen LogP) is 2.24. The van der Waals surface area contributed by atoms with Crippen molar-refractivity contribution < 1.29 is 9.53 Å². The highest BCUT2D eigenvalue weighted by atomic mass is 79.9. The summed E-state index contributed by atoms with van der Waals surface area (Å²) < 4.78 is 6.53. The lowest BCUT2D eigenvalue weighted by Gasteiger charge is -2.12. The van der Waals surface area contributed by atoms with Crippen LogP contribution >= 0.6 is 15.9 Å². The zero-order valence-electron chi connectivity index (χ0n) is 10.0. The third kappa shape index (κ3) is 4.26. The first-order chi connectivity index (χ1) is 8.04. The predicted molar refractivity (Wildman–Crippen MR) is 72.1 cm³/mol. The molecular weight excluding hydrogens is 284 g/mol. The molecule has 0 aliphatic heterocycles. The number of nitrogens with two attached hydrogens (primary N) is 1. The smallest absolute Gasteiger partial charge is 0.219 e.